The maximum Gasteiger partial charge on any atom is 0.140 e. The monoisotopic (exact) mass is 411 g/mol. The largest absolute Gasteiger partial charge is 0.483 e. The lowest BCUT2D eigenvalue weighted by Gasteiger charge is -2.38. The van der Waals surface area contributed by atoms with Crippen molar-refractivity contribution in [2.45, 2.75) is 37.5 Å². The van der Waals surface area contributed by atoms with E-state index < -0.39 is 0 Å². The SMILES string of the molecule is N#Cc1cc(Br)ccc1OC1c2ccccc2CC1N1CCCC(N)C1. The Morgan fingerprint density at radius 2 is 2.08 bits per heavy atom. The first-order valence-electron chi connectivity index (χ1n) is 9.09. The summed E-state index contributed by atoms with van der Waals surface area (Å²) in [7, 11) is 0. The molecule has 0 saturated carbocycles. The molecule has 0 radical (unpaired) electrons. The van der Waals surface area contributed by atoms with E-state index >= 15 is 0 Å². The van der Waals surface area contributed by atoms with E-state index in [-0.39, 0.29) is 18.2 Å². The Balaban J connectivity index is 1.67. The van der Waals surface area contributed by atoms with Crippen LogP contribution in [0.2, 0.25) is 0 Å². The minimum Gasteiger partial charge on any atom is -0.483 e. The molecule has 2 aromatic rings. The summed E-state index contributed by atoms with van der Waals surface area (Å²) in [5.74, 6) is 0.642. The molecular weight excluding hydrogens is 390 g/mol. The van der Waals surface area contributed by atoms with Crippen molar-refractivity contribution in [1.82, 2.24) is 4.90 Å². The quantitative estimate of drug-likeness (QED) is 0.834. The smallest absolute Gasteiger partial charge is 0.140 e. The lowest BCUT2D eigenvalue weighted by atomic mass is 10.0. The Bertz CT molecular complexity index is 847. The lowest BCUT2D eigenvalue weighted by Crippen LogP contribution is -2.49. The van der Waals surface area contributed by atoms with Crippen LogP contribution in [-0.4, -0.2) is 30.1 Å². The van der Waals surface area contributed by atoms with Gasteiger partial charge in [0.1, 0.15) is 17.9 Å². The number of nitriles is 1. The Morgan fingerprint density at radius 3 is 2.88 bits per heavy atom. The molecule has 0 bridgehead atoms. The van der Waals surface area contributed by atoms with Gasteiger partial charge in [-0.3, -0.25) is 4.90 Å². The van der Waals surface area contributed by atoms with Crippen LogP contribution in [0.5, 0.6) is 5.75 Å². The molecule has 1 aliphatic carbocycles. The highest BCUT2D eigenvalue weighted by atomic mass is 79.9. The van der Waals surface area contributed by atoms with Gasteiger partial charge in [0.15, 0.2) is 0 Å². The maximum atomic E-state index is 9.48. The molecule has 3 atom stereocenters. The van der Waals surface area contributed by atoms with Gasteiger partial charge in [-0.25, -0.2) is 0 Å². The third-order valence-electron chi connectivity index (χ3n) is 5.41. The van der Waals surface area contributed by atoms with Crippen LogP contribution in [0, 0.1) is 11.3 Å². The molecule has 2 N–H and O–H groups in total. The van der Waals surface area contributed by atoms with E-state index in [9.17, 15) is 5.26 Å². The number of fused-ring (bicyclic) bond motifs is 1. The summed E-state index contributed by atoms with van der Waals surface area (Å²) in [5, 5.41) is 9.48. The number of nitrogens with zero attached hydrogens (tertiary/aromatic N) is 2. The van der Waals surface area contributed by atoms with E-state index in [0.717, 1.165) is 36.8 Å². The molecule has 0 spiro atoms. The average Bonchev–Trinajstić information content (AvgIpc) is 3.02. The van der Waals surface area contributed by atoms with Gasteiger partial charge >= 0.3 is 0 Å². The normalized spacial score (nSPS) is 25.5. The van der Waals surface area contributed by atoms with Crippen LogP contribution in [0.1, 0.15) is 35.6 Å². The van der Waals surface area contributed by atoms with E-state index in [1.54, 1.807) is 0 Å². The van der Waals surface area contributed by atoms with Gasteiger partial charge < -0.3 is 10.5 Å². The second kappa shape index (κ2) is 7.40. The number of rotatable bonds is 3. The molecule has 1 aliphatic heterocycles. The molecule has 3 unspecified atom stereocenters. The molecule has 1 fully saturated rings. The minimum atomic E-state index is -0.0789. The lowest BCUT2D eigenvalue weighted by molar-refractivity contribution is 0.0591. The topological polar surface area (TPSA) is 62.3 Å². The van der Waals surface area contributed by atoms with E-state index in [1.165, 1.54) is 11.1 Å². The van der Waals surface area contributed by atoms with Crippen LogP contribution in [0.25, 0.3) is 0 Å². The Kier molecular flexibility index (Phi) is 4.99. The number of nitrogens with two attached hydrogens (primary N) is 1. The number of halogens is 1. The molecule has 0 amide bonds. The second-order valence-electron chi connectivity index (χ2n) is 7.16. The third kappa shape index (κ3) is 3.37. The van der Waals surface area contributed by atoms with Gasteiger partial charge in [-0.1, -0.05) is 40.2 Å². The van der Waals surface area contributed by atoms with Crippen LogP contribution in [0.3, 0.4) is 0 Å². The first-order valence-corrected chi connectivity index (χ1v) is 9.89. The van der Waals surface area contributed by atoms with Crippen LogP contribution in [0.15, 0.2) is 46.9 Å². The highest BCUT2D eigenvalue weighted by Crippen LogP contribution is 2.39. The third-order valence-corrected chi connectivity index (χ3v) is 5.91. The van der Waals surface area contributed by atoms with E-state index in [4.69, 9.17) is 10.5 Å². The predicted octanol–water partition coefficient (Wildman–Crippen LogP) is 3.79. The number of hydrogen-bond donors (Lipinski definition) is 1. The fraction of sp³-hybridized carbons (Fsp3) is 0.381. The number of hydrogen-bond acceptors (Lipinski definition) is 4. The molecule has 4 nitrogen and oxygen atoms in total. The fourth-order valence-electron chi connectivity index (χ4n) is 4.17. The van der Waals surface area contributed by atoms with Crippen molar-refractivity contribution >= 4 is 15.9 Å². The fourth-order valence-corrected chi connectivity index (χ4v) is 4.53. The van der Waals surface area contributed by atoms with Crippen molar-refractivity contribution in [2.24, 2.45) is 5.73 Å². The molecule has 26 heavy (non-hydrogen) atoms. The highest BCUT2D eigenvalue weighted by Gasteiger charge is 2.39. The van der Waals surface area contributed by atoms with Gasteiger partial charge in [-0.15, -0.1) is 0 Å². The molecule has 4 rings (SSSR count). The van der Waals surface area contributed by atoms with E-state index in [2.05, 4.69) is 51.2 Å². The van der Waals surface area contributed by atoms with Gasteiger partial charge in [0.25, 0.3) is 0 Å². The maximum absolute atomic E-state index is 9.48. The Hall–Kier alpha value is -1.87. The summed E-state index contributed by atoms with van der Waals surface area (Å²) >= 11 is 3.43. The molecule has 0 aromatic heterocycles. The molecule has 134 valence electrons. The molecule has 2 aromatic carbocycles. The average molecular weight is 412 g/mol. The Labute approximate surface area is 162 Å². The Morgan fingerprint density at radius 1 is 1.23 bits per heavy atom. The second-order valence-corrected chi connectivity index (χ2v) is 8.07. The van der Waals surface area contributed by atoms with Crippen molar-refractivity contribution in [3.8, 4) is 11.8 Å². The van der Waals surface area contributed by atoms with Crippen molar-refractivity contribution in [3.63, 3.8) is 0 Å². The number of ether oxygens (including phenoxy) is 1. The summed E-state index contributed by atoms with van der Waals surface area (Å²) in [6.45, 7) is 1.96. The zero-order valence-electron chi connectivity index (χ0n) is 14.6. The zero-order chi connectivity index (χ0) is 18.1. The molecular formula is C21H22BrN3O. The highest BCUT2D eigenvalue weighted by molar-refractivity contribution is 9.10. The van der Waals surface area contributed by atoms with E-state index in [0.29, 0.717) is 11.3 Å². The summed E-state index contributed by atoms with van der Waals surface area (Å²) in [6, 6.07) is 16.8. The molecule has 1 saturated heterocycles. The summed E-state index contributed by atoms with van der Waals surface area (Å²) in [4.78, 5) is 2.48. The number of piperidine rings is 1. The van der Waals surface area contributed by atoms with Crippen molar-refractivity contribution in [1.29, 1.82) is 5.26 Å². The van der Waals surface area contributed by atoms with Crippen molar-refractivity contribution in [3.05, 3.63) is 63.6 Å². The van der Waals surface area contributed by atoms with Crippen LogP contribution in [-0.2, 0) is 6.42 Å². The standard InChI is InChI=1S/C21H22BrN3O/c22-16-7-8-20(15(10-16)12-23)26-21-18-6-2-1-4-14(18)11-19(21)25-9-3-5-17(24)13-25/h1-2,4,6-8,10,17,19,21H,3,5,9,11,13,24H2. The molecule has 5 heteroatoms. The first-order chi connectivity index (χ1) is 12.7. The zero-order valence-corrected chi connectivity index (χ0v) is 16.2. The van der Waals surface area contributed by atoms with Crippen LogP contribution < -0.4 is 10.5 Å². The van der Waals surface area contributed by atoms with Gasteiger partial charge in [0.05, 0.1) is 11.6 Å². The van der Waals surface area contributed by atoms with Gasteiger partial charge in [-0.2, -0.15) is 5.26 Å². The van der Waals surface area contributed by atoms with Crippen molar-refractivity contribution < 1.29 is 4.74 Å². The minimum absolute atomic E-state index is 0.0789. The van der Waals surface area contributed by atoms with E-state index in [1.807, 2.05) is 18.2 Å². The number of likely N-dealkylation sites (tertiary alicyclic amines) is 1. The molecule has 1 heterocycles. The van der Waals surface area contributed by atoms with Crippen LogP contribution >= 0.6 is 15.9 Å². The summed E-state index contributed by atoms with van der Waals surface area (Å²) in [5.41, 5.74) is 9.34. The predicted molar refractivity (Wildman–Crippen MR) is 105 cm³/mol. The van der Waals surface area contributed by atoms with Crippen molar-refractivity contribution in [2.75, 3.05) is 13.1 Å². The first kappa shape index (κ1) is 17.5. The summed E-state index contributed by atoms with van der Waals surface area (Å²) < 4.78 is 7.34. The number of benzene rings is 2. The van der Waals surface area contributed by atoms with Gasteiger partial charge in [0, 0.05) is 17.1 Å². The molecule has 2 aliphatic rings. The van der Waals surface area contributed by atoms with Crippen LogP contribution in [0.4, 0.5) is 0 Å². The van der Waals surface area contributed by atoms with Gasteiger partial charge in [0.2, 0.25) is 0 Å². The van der Waals surface area contributed by atoms with Gasteiger partial charge in [-0.05, 0) is 55.1 Å². The summed E-state index contributed by atoms with van der Waals surface area (Å²) in [6.07, 6.45) is 3.10.